The number of ether oxygens (including phenoxy) is 1. The highest BCUT2D eigenvalue weighted by Crippen LogP contribution is 2.34. The van der Waals surface area contributed by atoms with Crippen LogP contribution in [0, 0.1) is 0 Å². The Morgan fingerprint density at radius 3 is 2.50 bits per heavy atom. The van der Waals surface area contributed by atoms with Crippen LogP contribution in [0.2, 0.25) is 0 Å². The number of carbonyl (C=O) groups excluding carboxylic acids is 1. The first-order valence-corrected chi connectivity index (χ1v) is 14.1. The molecular formula is C27H45N5O2. The minimum Gasteiger partial charge on any atom is -0.379 e. The minimum absolute atomic E-state index is 0.165. The van der Waals surface area contributed by atoms with Crippen molar-refractivity contribution in [3.05, 3.63) is 17.0 Å². The summed E-state index contributed by atoms with van der Waals surface area (Å²) in [5.74, 6) is 0.165. The molecule has 4 aliphatic rings. The molecule has 1 amide bonds. The normalized spacial score (nSPS) is 25.8. The summed E-state index contributed by atoms with van der Waals surface area (Å²) in [6.45, 7) is 9.81. The molecule has 1 unspecified atom stereocenters. The van der Waals surface area contributed by atoms with Gasteiger partial charge in [0.15, 0.2) is 5.69 Å². The second-order valence-electron chi connectivity index (χ2n) is 11.1. The lowest BCUT2D eigenvalue weighted by molar-refractivity contribution is -0.0297. The molecule has 0 bridgehead atoms. The van der Waals surface area contributed by atoms with Gasteiger partial charge >= 0.3 is 0 Å². The molecule has 5 rings (SSSR count). The number of nitrogens with one attached hydrogen (secondary N) is 1. The maximum absolute atomic E-state index is 13.4. The number of aromatic nitrogens is 2. The first-order chi connectivity index (χ1) is 16.7. The van der Waals surface area contributed by atoms with Crippen molar-refractivity contribution in [3.8, 4) is 0 Å². The smallest absolute Gasteiger partial charge is 0.274 e. The lowest BCUT2D eigenvalue weighted by Gasteiger charge is -2.46. The standard InChI is InChI=1S/C27H45N5O2/c1-2-13-32-24-10-9-22(20-23(24)25(29-32)26(33)30-14-7-8-15-30)28-21-27(11-5-3-4-6-12-27)31-16-18-34-19-17-31/h22,28H,2-21H2,1H3. The lowest BCUT2D eigenvalue weighted by Crippen LogP contribution is -2.59. The van der Waals surface area contributed by atoms with Crippen LogP contribution < -0.4 is 5.32 Å². The molecule has 1 atom stereocenters. The molecule has 7 heteroatoms. The summed E-state index contributed by atoms with van der Waals surface area (Å²) in [5, 5.41) is 8.92. The van der Waals surface area contributed by atoms with Crippen molar-refractivity contribution in [1.29, 1.82) is 0 Å². The highest BCUT2D eigenvalue weighted by Gasteiger charge is 2.39. The summed E-state index contributed by atoms with van der Waals surface area (Å²) < 4.78 is 7.84. The van der Waals surface area contributed by atoms with Crippen LogP contribution in [0.25, 0.3) is 0 Å². The van der Waals surface area contributed by atoms with Crippen LogP contribution >= 0.6 is 0 Å². The van der Waals surface area contributed by atoms with Gasteiger partial charge in [-0.05, 0) is 51.4 Å². The van der Waals surface area contributed by atoms with Gasteiger partial charge in [-0.2, -0.15) is 5.10 Å². The Morgan fingerprint density at radius 1 is 1.06 bits per heavy atom. The fraction of sp³-hybridized carbons (Fsp3) is 0.852. The SMILES string of the molecule is CCCn1nc(C(=O)N2CCCC2)c2c1CCC(NCC1(N3CCOCC3)CCCCCC1)C2. The Morgan fingerprint density at radius 2 is 1.79 bits per heavy atom. The Kier molecular flexibility index (Phi) is 7.91. The highest BCUT2D eigenvalue weighted by atomic mass is 16.5. The molecule has 2 saturated heterocycles. The Labute approximate surface area is 205 Å². The van der Waals surface area contributed by atoms with Gasteiger partial charge < -0.3 is 15.0 Å². The number of amides is 1. The molecule has 7 nitrogen and oxygen atoms in total. The molecule has 2 aliphatic carbocycles. The monoisotopic (exact) mass is 471 g/mol. The average Bonchev–Trinajstić information content (AvgIpc) is 3.46. The number of likely N-dealkylation sites (tertiary alicyclic amines) is 1. The second kappa shape index (κ2) is 11.1. The topological polar surface area (TPSA) is 62.6 Å². The lowest BCUT2D eigenvalue weighted by atomic mass is 9.85. The van der Waals surface area contributed by atoms with Gasteiger partial charge in [0.05, 0.1) is 13.2 Å². The number of morpholine rings is 1. The van der Waals surface area contributed by atoms with E-state index >= 15 is 0 Å². The molecule has 1 saturated carbocycles. The molecule has 0 aromatic carbocycles. The van der Waals surface area contributed by atoms with Gasteiger partial charge in [-0.1, -0.05) is 32.6 Å². The predicted molar refractivity (Wildman–Crippen MR) is 134 cm³/mol. The van der Waals surface area contributed by atoms with Crippen molar-refractivity contribution in [1.82, 2.24) is 24.9 Å². The zero-order valence-corrected chi connectivity index (χ0v) is 21.3. The van der Waals surface area contributed by atoms with E-state index in [2.05, 4.69) is 21.8 Å². The van der Waals surface area contributed by atoms with Gasteiger partial charge in [-0.25, -0.2) is 0 Å². The number of aryl methyl sites for hydroxylation is 1. The van der Waals surface area contributed by atoms with Gasteiger partial charge in [-0.15, -0.1) is 0 Å². The third-order valence-corrected chi connectivity index (χ3v) is 8.81. The molecule has 0 spiro atoms. The molecule has 190 valence electrons. The first-order valence-electron chi connectivity index (χ1n) is 14.1. The Bertz CT molecular complexity index is 817. The van der Waals surface area contributed by atoms with Crippen molar-refractivity contribution < 1.29 is 9.53 Å². The van der Waals surface area contributed by atoms with E-state index in [1.807, 2.05) is 4.90 Å². The largest absolute Gasteiger partial charge is 0.379 e. The number of hydrogen-bond donors (Lipinski definition) is 1. The van der Waals surface area contributed by atoms with E-state index in [1.54, 1.807) is 0 Å². The van der Waals surface area contributed by atoms with E-state index in [9.17, 15) is 4.79 Å². The minimum atomic E-state index is 0.165. The summed E-state index contributed by atoms with van der Waals surface area (Å²) in [4.78, 5) is 18.1. The number of fused-ring (bicyclic) bond motifs is 1. The van der Waals surface area contributed by atoms with Gasteiger partial charge in [0.25, 0.3) is 5.91 Å². The van der Waals surface area contributed by atoms with E-state index < -0.39 is 0 Å². The van der Waals surface area contributed by atoms with E-state index in [0.29, 0.717) is 6.04 Å². The van der Waals surface area contributed by atoms with Crippen molar-refractivity contribution in [2.24, 2.45) is 0 Å². The van der Waals surface area contributed by atoms with Crippen molar-refractivity contribution in [3.63, 3.8) is 0 Å². The van der Waals surface area contributed by atoms with Gasteiger partial charge in [0.2, 0.25) is 0 Å². The summed E-state index contributed by atoms with van der Waals surface area (Å²) >= 11 is 0. The van der Waals surface area contributed by atoms with Gasteiger partial charge in [0.1, 0.15) is 0 Å². The van der Waals surface area contributed by atoms with Crippen molar-refractivity contribution in [2.75, 3.05) is 45.9 Å². The summed E-state index contributed by atoms with van der Waals surface area (Å²) in [6, 6.07) is 0.429. The molecule has 3 fully saturated rings. The quantitative estimate of drug-likeness (QED) is 0.618. The van der Waals surface area contributed by atoms with Crippen LogP contribution in [0.1, 0.15) is 92.9 Å². The van der Waals surface area contributed by atoms with Crippen LogP contribution in [-0.4, -0.2) is 83.0 Å². The van der Waals surface area contributed by atoms with E-state index in [1.165, 1.54) is 49.8 Å². The molecule has 3 heterocycles. The third-order valence-electron chi connectivity index (χ3n) is 8.81. The fourth-order valence-electron chi connectivity index (χ4n) is 6.86. The highest BCUT2D eigenvalue weighted by molar-refractivity contribution is 5.94. The van der Waals surface area contributed by atoms with Gasteiger partial charge in [-0.3, -0.25) is 14.4 Å². The molecule has 1 aromatic heterocycles. The molecule has 1 aromatic rings. The number of carbonyl (C=O) groups is 1. The summed E-state index contributed by atoms with van der Waals surface area (Å²) in [7, 11) is 0. The molecule has 2 aliphatic heterocycles. The van der Waals surface area contributed by atoms with Crippen LogP contribution in [0.15, 0.2) is 0 Å². The van der Waals surface area contributed by atoms with E-state index in [0.717, 1.165) is 96.7 Å². The zero-order chi connectivity index (χ0) is 23.4. The number of rotatable bonds is 7. The number of nitrogens with zero attached hydrogens (tertiary/aromatic N) is 4. The van der Waals surface area contributed by atoms with Crippen molar-refractivity contribution >= 4 is 5.91 Å². The third kappa shape index (κ3) is 5.07. The van der Waals surface area contributed by atoms with Crippen molar-refractivity contribution in [2.45, 2.75) is 102 Å². The van der Waals surface area contributed by atoms with Crippen LogP contribution in [-0.2, 0) is 24.1 Å². The molecule has 34 heavy (non-hydrogen) atoms. The summed E-state index contributed by atoms with van der Waals surface area (Å²) in [6.07, 6.45) is 14.4. The summed E-state index contributed by atoms with van der Waals surface area (Å²) in [5.41, 5.74) is 3.56. The fourth-order valence-corrected chi connectivity index (χ4v) is 6.86. The maximum Gasteiger partial charge on any atom is 0.274 e. The number of hydrogen-bond acceptors (Lipinski definition) is 5. The van der Waals surface area contributed by atoms with Crippen LogP contribution in [0.3, 0.4) is 0 Å². The van der Waals surface area contributed by atoms with Crippen LogP contribution in [0.5, 0.6) is 0 Å². The second-order valence-corrected chi connectivity index (χ2v) is 11.1. The average molecular weight is 472 g/mol. The van der Waals surface area contributed by atoms with Gasteiger partial charge in [0, 0.05) is 62.1 Å². The molecule has 0 radical (unpaired) electrons. The predicted octanol–water partition coefficient (Wildman–Crippen LogP) is 3.40. The first kappa shape index (κ1) is 24.3. The van der Waals surface area contributed by atoms with Crippen LogP contribution in [0.4, 0.5) is 0 Å². The Balaban J connectivity index is 1.31. The maximum atomic E-state index is 13.4. The van der Waals surface area contributed by atoms with E-state index in [-0.39, 0.29) is 11.4 Å². The Hall–Kier alpha value is -1.44. The molecule has 1 N–H and O–H groups in total. The van der Waals surface area contributed by atoms with E-state index in [4.69, 9.17) is 9.84 Å². The molecular weight excluding hydrogens is 426 g/mol. The zero-order valence-electron chi connectivity index (χ0n) is 21.3.